The molecule has 0 saturated carbocycles. The van der Waals surface area contributed by atoms with E-state index in [2.05, 4.69) is 10.2 Å². The second kappa shape index (κ2) is 6.71. The van der Waals surface area contributed by atoms with Crippen molar-refractivity contribution in [2.45, 2.75) is 12.8 Å². The van der Waals surface area contributed by atoms with Crippen molar-refractivity contribution < 1.29 is 9.13 Å². The zero-order valence-electron chi connectivity index (χ0n) is 10.9. The van der Waals surface area contributed by atoms with Crippen molar-refractivity contribution in [2.75, 3.05) is 39.8 Å². The number of hydrogen-bond donors (Lipinski definition) is 1. The number of hydrogen-bond acceptors (Lipinski definition) is 3. The molecule has 0 atom stereocenters. The van der Waals surface area contributed by atoms with Crippen LogP contribution in [0.2, 0.25) is 0 Å². The molecule has 1 N–H and O–H groups in total. The van der Waals surface area contributed by atoms with Crippen molar-refractivity contribution in [1.29, 1.82) is 0 Å². The first kappa shape index (κ1) is 13.3. The van der Waals surface area contributed by atoms with Crippen molar-refractivity contribution in [3.05, 3.63) is 29.6 Å². The largest absolute Gasteiger partial charge is 0.496 e. The Kier molecular flexibility index (Phi) is 4.96. The van der Waals surface area contributed by atoms with Crippen LogP contribution < -0.4 is 10.1 Å². The zero-order chi connectivity index (χ0) is 12.8. The Hall–Kier alpha value is -1.13. The third kappa shape index (κ3) is 3.68. The fourth-order valence-corrected chi connectivity index (χ4v) is 2.37. The zero-order valence-corrected chi connectivity index (χ0v) is 10.9. The number of piperazine rings is 1. The SMILES string of the molecule is COc1ccc(F)cc1CCCN1CCNCC1. The Morgan fingerprint density at radius 3 is 2.83 bits per heavy atom. The Bertz CT molecular complexity index is 378. The summed E-state index contributed by atoms with van der Waals surface area (Å²) in [4.78, 5) is 2.45. The minimum Gasteiger partial charge on any atom is -0.496 e. The van der Waals surface area contributed by atoms with Crippen LogP contribution in [0, 0.1) is 5.82 Å². The predicted octanol–water partition coefficient (Wildman–Crippen LogP) is 1.67. The van der Waals surface area contributed by atoms with E-state index in [9.17, 15) is 4.39 Å². The summed E-state index contributed by atoms with van der Waals surface area (Å²) >= 11 is 0. The number of aryl methyl sites for hydroxylation is 1. The number of ether oxygens (including phenoxy) is 1. The van der Waals surface area contributed by atoms with Crippen molar-refractivity contribution in [2.24, 2.45) is 0 Å². The van der Waals surface area contributed by atoms with Gasteiger partial charge in [-0.15, -0.1) is 0 Å². The highest BCUT2D eigenvalue weighted by Gasteiger charge is 2.10. The molecular weight excluding hydrogens is 231 g/mol. The molecule has 1 saturated heterocycles. The number of rotatable bonds is 5. The molecule has 0 aliphatic carbocycles. The Balaban J connectivity index is 1.83. The molecule has 2 rings (SSSR count). The van der Waals surface area contributed by atoms with Gasteiger partial charge in [0, 0.05) is 26.2 Å². The van der Waals surface area contributed by atoms with Gasteiger partial charge in [0.05, 0.1) is 7.11 Å². The van der Waals surface area contributed by atoms with Gasteiger partial charge in [-0.25, -0.2) is 4.39 Å². The molecule has 1 aliphatic rings. The first-order valence-corrected chi connectivity index (χ1v) is 6.55. The van der Waals surface area contributed by atoms with Gasteiger partial charge in [-0.3, -0.25) is 0 Å². The van der Waals surface area contributed by atoms with Crippen LogP contribution in [0.15, 0.2) is 18.2 Å². The summed E-state index contributed by atoms with van der Waals surface area (Å²) < 4.78 is 18.4. The highest BCUT2D eigenvalue weighted by molar-refractivity contribution is 5.33. The first-order valence-electron chi connectivity index (χ1n) is 6.55. The Morgan fingerprint density at radius 2 is 2.11 bits per heavy atom. The van der Waals surface area contributed by atoms with E-state index in [0.29, 0.717) is 0 Å². The average molecular weight is 252 g/mol. The monoisotopic (exact) mass is 252 g/mol. The third-order valence-electron chi connectivity index (χ3n) is 3.37. The summed E-state index contributed by atoms with van der Waals surface area (Å²) in [6, 6.07) is 4.73. The third-order valence-corrected chi connectivity index (χ3v) is 3.37. The van der Waals surface area contributed by atoms with Crippen molar-refractivity contribution in [1.82, 2.24) is 10.2 Å². The van der Waals surface area contributed by atoms with E-state index in [1.807, 2.05) is 0 Å². The number of nitrogens with zero attached hydrogens (tertiary/aromatic N) is 1. The quantitative estimate of drug-likeness (QED) is 0.863. The van der Waals surface area contributed by atoms with Crippen LogP contribution in [0.4, 0.5) is 4.39 Å². The molecule has 0 aromatic heterocycles. The minimum absolute atomic E-state index is 0.187. The van der Waals surface area contributed by atoms with Crippen molar-refractivity contribution in [3.63, 3.8) is 0 Å². The standard InChI is InChI=1S/C14H21FN2O/c1-18-14-5-4-13(15)11-12(14)3-2-8-17-9-6-16-7-10-17/h4-5,11,16H,2-3,6-10H2,1H3. The van der Waals surface area contributed by atoms with Gasteiger partial charge in [-0.05, 0) is 43.1 Å². The summed E-state index contributed by atoms with van der Waals surface area (Å²) in [5.74, 6) is 0.602. The average Bonchev–Trinajstić information content (AvgIpc) is 2.40. The Labute approximate surface area is 108 Å². The van der Waals surface area contributed by atoms with Gasteiger partial charge < -0.3 is 15.0 Å². The lowest BCUT2D eigenvalue weighted by Crippen LogP contribution is -2.43. The van der Waals surface area contributed by atoms with Crippen LogP contribution in [-0.4, -0.2) is 44.7 Å². The molecule has 0 amide bonds. The molecule has 100 valence electrons. The predicted molar refractivity (Wildman–Crippen MR) is 70.6 cm³/mol. The van der Waals surface area contributed by atoms with Crippen molar-refractivity contribution in [3.8, 4) is 5.75 Å². The van der Waals surface area contributed by atoms with Gasteiger partial charge in [0.25, 0.3) is 0 Å². The summed E-state index contributed by atoms with van der Waals surface area (Å²) in [5, 5.41) is 3.34. The molecule has 0 unspecified atom stereocenters. The highest BCUT2D eigenvalue weighted by Crippen LogP contribution is 2.20. The fourth-order valence-electron chi connectivity index (χ4n) is 2.37. The topological polar surface area (TPSA) is 24.5 Å². The van der Waals surface area contributed by atoms with E-state index in [-0.39, 0.29) is 5.82 Å². The summed E-state index contributed by atoms with van der Waals surface area (Å²) in [7, 11) is 1.63. The van der Waals surface area contributed by atoms with Gasteiger partial charge in [0.15, 0.2) is 0 Å². The first-order chi connectivity index (χ1) is 8.79. The number of halogens is 1. The molecule has 3 nitrogen and oxygen atoms in total. The smallest absolute Gasteiger partial charge is 0.123 e. The van der Waals surface area contributed by atoms with Gasteiger partial charge in [0.1, 0.15) is 11.6 Å². The van der Waals surface area contributed by atoms with Gasteiger partial charge in [0.2, 0.25) is 0 Å². The second-order valence-electron chi connectivity index (χ2n) is 4.65. The highest BCUT2D eigenvalue weighted by atomic mass is 19.1. The Morgan fingerprint density at radius 1 is 1.33 bits per heavy atom. The van der Waals surface area contributed by atoms with Gasteiger partial charge in [-0.2, -0.15) is 0 Å². The molecule has 18 heavy (non-hydrogen) atoms. The van der Waals surface area contributed by atoms with Crippen molar-refractivity contribution >= 4 is 0 Å². The van der Waals surface area contributed by atoms with E-state index in [4.69, 9.17) is 4.74 Å². The van der Waals surface area contributed by atoms with Crippen LogP contribution in [-0.2, 0) is 6.42 Å². The summed E-state index contributed by atoms with van der Waals surface area (Å²) in [6.07, 6.45) is 1.91. The molecular formula is C14H21FN2O. The van der Waals surface area contributed by atoms with Crippen LogP contribution >= 0.6 is 0 Å². The summed E-state index contributed by atoms with van der Waals surface area (Å²) in [5.41, 5.74) is 0.965. The van der Waals surface area contributed by atoms with Gasteiger partial charge >= 0.3 is 0 Å². The fraction of sp³-hybridized carbons (Fsp3) is 0.571. The molecule has 1 aromatic rings. The molecule has 0 radical (unpaired) electrons. The van der Waals surface area contributed by atoms with Crippen LogP contribution in [0.25, 0.3) is 0 Å². The molecule has 0 bridgehead atoms. The normalized spacial score (nSPS) is 16.8. The number of methoxy groups -OCH3 is 1. The van der Waals surface area contributed by atoms with Gasteiger partial charge in [-0.1, -0.05) is 0 Å². The lowest BCUT2D eigenvalue weighted by atomic mass is 10.1. The van der Waals surface area contributed by atoms with Crippen LogP contribution in [0.3, 0.4) is 0 Å². The molecule has 1 fully saturated rings. The minimum atomic E-state index is -0.187. The molecule has 1 aromatic carbocycles. The summed E-state index contributed by atoms with van der Waals surface area (Å²) in [6.45, 7) is 5.44. The van der Waals surface area contributed by atoms with E-state index in [1.165, 1.54) is 6.07 Å². The van der Waals surface area contributed by atoms with E-state index in [0.717, 1.165) is 56.9 Å². The van der Waals surface area contributed by atoms with E-state index >= 15 is 0 Å². The second-order valence-corrected chi connectivity index (χ2v) is 4.65. The lowest BCUT2D eigenvalue weighted by molar-refractivity contribution is 0.238. The molecule has 4 heteroatoms. The lowest BCUT2D eigenvalue weighted by Gasteiger charge is -2.27. The van der Waals surface area contributed by atoms with E-state index in [1.54, 1.807) is 19.2 Å². The molecule has 1 heterocycles. The molecule has 0 spiro atoms. The number of nitrogens with one attached hydrogen (secondary N) is 1. The van der Waals surface area contributed by atoms with Crippen LogP contribution in [0.1, 0.15) is 12.0 Å². The van der Waals surface area contributed by atoms with E-state index < -0.39 is 0 Å². The van der Waals surface area contributed by atoms with Crippen LogP contribution in [0.5, 0.6) is 5.75 Å². The maximum atomic E-state index is 13.2. The molecule has 1 aliphatic heterocycles. The maximum absolute atomic E-state index is 13.2. The maximum Gasteiger partial charge on any atom is 0.123 e. The number of benzene rings is 1.